The highest BCUT2D eigenvalue weighted by Crippen LogP contribution is 2.34. The summed E-state index contributed by atoms with van der Waals surface area (Å²) in [4.78, 5) is 14.5. The number of carbonyl (C=O) groups excluding carboxylic acids is 1. The molecule has 0 bridgehead atoms. The highest BCUT2D eigenvalue weighted by molar-refractivity contribution is 5.91. The topological polar surface area (TPSA) is 58.4 Å². The predicted octanol–water partition coefficient (Wildman–Crippen LogP) is 2.47. The van der Waals surface area contributed by atoms with Crippen LogP contribution in [0.15, 0.2) is 24.3 Å². The zero-order valence-electron chi connectivity index (χ0n) is 11.8. The number of rotatable bonds is 7. The zero-order valence-corrected chi connectivity index (χ0v) is 11.8. The highest BCUT2D eigenvalue weighted by atomic mass is 16.1. The third kappa shape index (κ3) is 3.97. The number of hydrogen-bond acceptors (Lipinski definition) is 3. The molecule has 3 rings (SSSR count). The van der Waals surface area contributed by atoms with Crippen LogP contribution in [0.2, 0.25) is 0 Å². The Bertz CT molecular complexity index is 480. The lowest BCUT2D eigenvalue weighted by Crippen LogP contribution is -2.31. The van der Waals surface area contributed by atoms with Gasteiger partial charge in [-0.3, -0.25) is 9.69 Å². The van der Waals surface area contributed by atoms with Gasteiger partial charge in [0.05, 0.1) is 0 Å². The molecule has 4 nitrogen and oxygen atoms in total. The van der Waals surface area contributed by atoms with Crippen LogP contribution in [0, 0.1) is 5.92 Å². The van der Waals surface area contributed by atoms with E-state index in [-0.39, 0.29) is 5.91 Å². The average Bonchev–Trinajstić information content (AvgIpc) is 3.25. The number of nitrogens with one attached hydrogen (secondary N) is 1. The quantitative estimate of drug-likeness (QED) is 0.750. The summed E-state index contributed by atoms with van der Waals surface area (Å²) < 4.78 is 0. The van der Waals surface area contributed by atoms with E-state index in [0.29, 0.717) is 12.1 Å². The van der Waals surface area contributed by atoms with Gasteiger partial charge < -0.3 is 11.1 Å². The second kappa shape index (κ2) is 5.83. The number of benzene rings is 1. The minimum Gasteiger partial charge on any atom is -0.399 e. The van der Waals surface area contributed by atoms with Crippen molar-refractivity contribution in [2.45, 2.75) is 38.1 Å². The van der Waals surface area contributed by atoms with Gasteiger partial charge >= 0.3 is 0 Å². The molecular weight excluding hydrogens is 250 g/mol. The first-order chi connectivity index (χ1) is 9.70. The minimum absolute atomic E-state index is 0.0806. The van der Waals surface area contributed by atoms with Crippen molar-refractivity contribution in [1.82, 2.24) is 4.90 Å². The number of nitrogens with two attached hydrogens (primary N) is 1. The lowest BCUT2D eigenvalue weighted by atomic mass is 10.2. The van der Waals surface area contributed by atoms with Crippen LogP contribution < -0.4 is 11.1 Å². The standard InChI is InChI=1S/C16H23N3O/c17-13-2-1-3-14(10-13)18-16(20)8-9-19(15-6-7-15)11-12-4-5-12/h1-3,10,12,15H,4-9,11,17H2,(H,18,20). The third-order valence-electron chi connectivity index (χ3n) is 4.05. The Kier molecular flexibility index (Phi) is 3.92. The molecule has 2 aliphatic rings. The summed E-state index contributed by atoms with van der Waals surface area (Å²) >= 11 is 0. The number of amides is 1. The highest BCUT2D eigenvalue weighted by Gasteiger charge is 2.33. The van der Waals surface area contributed by atoms with Crippen molar-refractivity contribution >= 4 is 17.3 Å². The van der Waals surface area contributed by atoms with Gasteiger partial charge in [0, 0.05) is 36.9 Å². The molecule has 2 fully saturated rings. The van der Waals surface area contributed by atoms with Gasteiger partial charge in [-0.25, -0.2) is 0 Å². The van der Waals surface area contributed by atoms with E-state index in [4.69, 9.17) is 5.73 Å². The van der Waals surface area contributed by atoms with Crippen molar-refractivity contribution in [3.8, 4) is 0 Å². The fraction of sp³-hybridized carbons (Fsp3) is 0.562. The van der Waals surface area contributed by atoms with Crippen molar-refractivity contribution < 1.29 is 4.79 Å². The second-order valence-corrected chi connectivity index (χ2v) is 6.09. The molecule has 0 atom stereocenters. The van der Waals surface area contributed by atoms with Gasteiger partial charge in [-0.05, 0) is 49.8 Å². The molecule has 2 saturated carbocycles. The number of anilines is 2. The van der Waals surface area contributed by atoms with Gasteiger partial charge in [0.25, 0.3) is 0 Å². The Hall–Kier alpha value is -1.55. The molecule has 0 aliphatic heterocycles. The molecule has 1 amide bonds. The fourth-order valence-electron chi connectivity index (χ4n) is 2.58. The summed E-state index contributed by atoms with van der Waals surface area (Å²) in [6, 6.07) is 8.09. The summed E-state index contributed by atoms with van der Waals surface area (Å²) in [6.45, 7) is 2.07. The van der Waals surface area contributed by atoms with E-state index in [0.717, 1.165) is 24.2 Å². The molecule has 0 heterocycles. The lowest BCUT2D eigenvalue weighted by Gasteiger charge is -2.21. The molecule has 0 saturated heterocycles. The molecule has 0 aromatic heterocycles. The predicted molar refractivity (Wildman–Crippen MR) is 81.4 cm³/mol. The summed E-state index contributed by atoms with van der Waals surface area (Å²) in [5.41, 5.74) is 7.17. The van der Waals surface area contributed by atoms with Gasteiger partial charge in [0.15, 0.2) is 0 Å². The number of nitrogens with zero attached hydrogens (tertiary/aromatic N) is 1. The Morgan fingerprint density at radius 1 is 1.30 bits per heavy atom. The molecule has 0 radical (unpaired) electrons. The fourth-order valence-corrected chi connectivity index (χ4v) is 2.58. The van der Waals surface area contributed by atoms with Crippen LogP contribution in [0.1, 0.15) is 32.1 Å². The van der Waals surface area contributed by atoms with Crippen LogP contribution in [0.25, 0.3) is 0 Å². The van der Waals surface area contributed by atoms with E-state index < -0.39 is 0 Å². The molecule has 2 aliphatic carbocycles. The maximum Gasteiger partial charge on any atom is 0.225 e. The van der Waals surface area contributed by atoms with E-state index in [1.54, 1.807) is 6.07 Å². The molecular formula is C16H23N3O. The molecule has 108 valence electrons. The van der Waals surface area contributed by atoms with Crippen LogP contribution in [0.5, 0.6) is 0 Å². The Balaban J connectivity index is 1.45. The largest absolute Gasteiger partial charge is 0.399 e. The maximum absolute atomic E-state index is 12.0. The minimum atomic E-state index is 0.0806. The van der Waals surface area contributed by atoms with E-state index in [1.807, 2.05) is 18.2 Å². The van der Waals surface area contributed by atoms with Crippen LogP contribution in [0.3, 0.4) is 0 Å². The van der Waals surface area contributed by atoms with E-state index >= 15 is 0 Å². The summed E-state index contributed by atoms with van der Waals surface area (Å²) in [5, 5.41) is 2.92. The van der Waals surface area contributed by atoms with E-state index in [1.165, 1.54) is 32.2 Å². The maximum atomic E-state index is 12.0. The molecule has 0 unspecified atom stereocenters. The first kappa shape index (κ1) is 13.4. The monoisotopic (exact) mass is 273 g/mol. The SMILES string of the molecule is Nc1cccc(NC(=O)CCN(CC2CC2)C2CC2)c1. The summed E-state index contributed by atoms with van der Waals surface area (Å²) in [5.74, 6) is 0.977. The van der Waals surface area contributed by atoms with Crippen molar-refractivity contribution in [3.63, 3.8) is 0 Å². The lowest BCUT2D eigenvalue weighted by molar-refractivity contribution is -0.116. The number of hydrogen-bond donors (Lipinski definition) is 2. The first-order valence-corrected chi connectivity index (χ1v) is 7.60. The molecule has 1 aromatic rings. The molecule has 20 heavy (non-hydrogen) atoms. The number of nitrogen functional groups attached to an aromatic ring is 1. The van der Waals surface area contributed by atoms with Crippen molar-refractivity contribution in [2.75, 3.05) is 24.1 Å². The number of carbonyl (C=O) groups is 1. The Morgan fingerprint density at radius 3 is 2.75 bits per heavy atom. The van der Waals surface area contributed by atoms with Crippen molar-refractivity contribution in [3.05, 3.63) is 24.3 Å². The van der Waals surface area contributed by atoms with Gasteiger partial charge in [0.1, 0.15) is 0 Å². The third-order valence-corrected chi connectivity index (χ3v) is 4.05. The molecule has 4 heteroatoms. The van der Waals surface area contributed by atoms with Crippen LogP contribution in [-0.4, -0.2) is 29.9 Å². The molecule has 1 aromatic carbocycles. The Morgan fingerprint density at radius 2 is 2.10 bits per heavy atom. The normalized spacial score (nSPS) is 18.2. The van der Waals surface area contributed by atoms with E-state index in [2.05, 4.69) is 10.2 Å². The van der Waals surface area contributed by atoms with Gasteiger partial charge in [-0.2, -0.15) is 0 Å². The Labute approximate surface area is 120 Å². The average molecular weight is 273 g/mol. The van der Waals surface area contributed by atoms with Crippen LogP contribution in [0.4, 0.5) is 11.4 Å². The van der Waals surface area contributed by atoms with Gasteiger partial charge in [-0.1, -0.05) is 6.07 Å². The zero-order chi connectivity index (χ0) is 13.9. The van der Waals surface area contributed by atoms with Crippen LogP contribution >= 0.6 is 0 Å². The van der Waals surface area contributed by atoms with Gasteiger partial charge in [0.2, 0.25) is 5.91 Å². The van der Waals surface area contributed by atoms with Crippen LogP contribution in [-0.2, 0) is 4.79 Å². The van der Waals surface area contributed by atoms with Crippen molar-refractivity contribution in [1.29, 1.82) is 0 Å². The summed E-state index contributed by atoms with van der Waals surface area (Å²) in [6.07, 6.45) is 5.93. The van der Waals surface area contributed by atoms with Gasteiger partial charge in [-0.15, -0.1) is 0 Å². The summed E-state index contributed by atoms with van der Waals surface area (Å²) in [7, 11) is 0. The second-order valence-electron chi connectivity index (χ2n) is 6.09. The van der Waals surface area contributed by atoms with Crippen molar-refractivity contribution in [2.24, 2.45) is 5.92 Å². The molecule has 0 spiro atoms. The smallest absolute Gasteiger partial charge is 0.225 e. The van der Waals surface area contributed by atoms with E-state index in [9.17, 15) is 4.79 Å². The first-order valence-electron chi connectivity index (χ1n) is 7.60. The molecule has 3 N–H and O–H groups in total.